The fourth-order valence-corrected chi connectivity index (χ4v) is 1.97. The molecule has 25 heavy (non-hydrogen) atoms. The zero-order valence-corrected chi connectivity index (χ0v) is 14.1. The first-order valence-electron chi connectivity index (χ1n) is 7.85. The molecule has 10 N–H and O–H groups in total. The summed E-state index contributed by atoms with van der Waals surface area (Å²) in [7, 11) is 0. The lowest BCUT2D eigenvalue weighted by molar-refractivity contribution is -0.145. The number of carbonyl (C=O) groups excluding carboxylic acids is 3. The molecular weight excluding hydrogens is 334 g/mol. The molecule has 4 unspecified atom stereocenters. The average Bonchev–Trinajstić information content (AvgIpc) is 2.50. The Morgan fingerprint density at radius 3 is 2.12 bits per heavy atom. The first kappa shape index (κ1) is 22.8. The highest BCUT2D eigenvalue weighted by Gasteiger charge is 2.31. The number of primary amides is 1. The van der Waals surface area contributed by atoms with Gasteiger partial charge in [-0.05, 0) is 26.3 Å². The zero-order valence-electron chi connectivity index (χ0n) is 14.1. The van der Waals surface area contributed by atoms with Gasteiger partial charge >= 0.3 is 5.97 Å². The van der Waals surface area contributed by atoms with E-state index in [9.17, 15) is 24.3 Å². The summed E-state index contributed by atoms with van der Waals surface area (Å²) in [5.41, 5.74) is 16.1. The summed E-state index contributed by atoms with van der Waals surface area (Å²) in [4.78, 5) is 46.3. The number of amides is 3. The lowest BCUT2D eigenvalue weighted by Gasteiger charge is -2.23. The van der Waals surface area contributed by atoms with Crippen molar-refractivity contribution in [3.63, 3.8) is 0 Å². The van der Waals surface area contributed by atoms with Gasteiger partial charge in [0.2, 0.25) is 17.7 Å². The zero-order chi connectivity index (χ0) is 19.6. The molecule has 0 heterocycles. The maximum Gasteiger partial charge on any atom is 0.328 e. The number of carboxylic acid groups (broad SMARTS) is 1. The summed E-state index contributed by atoms with van der Waals surface area (Å²) in [6, 6.07) is -3.91. The Morgan fingerprint density at radius 1 is 1.08 bits per heavy atom. The predicted octanol–water partition coefficient (Wildman–Crippen LogP) is -3.25. The topological polar surface area (TPSA) is 211 Å². The summed E-state index contributed by atoms with van der Waals surface area (Å²) in [6.45, 7) is 1.63. The lowest BCUT2D eigenvalue weighted by Crippen LogP contribution is -2.57. The van der Waals surface area contributed by atoms with E-state index in [2.05, 4.69) is 5.32 Å². The molecular formula is C14H27N5O6. The van der Waals surface area contributed by atoms with Crippen LogP contribution in [0, 0.1) is 0 Å². The third-order valence-electron chi connectivity index (χ3n) is 3.39. The van der Waals surface area contributed by atoms with E-state index in [1.807, 2.05) is 5.32 Å². The third kappa shape index (κ3) is 8.98. The van der Waals surface area contributed by atoms with Crippen molar-refractivity contribution in [2.45, 2.75) is 56.8 Å². The minimum absolute atomic E-state index is 0.333. The van der Waals surface area contributed by atoms with Crippen LogP contribution in [-0.4, -0.2) is 64.7 Å². The molecule has 0 fully saturated rings. The lowest BCUT2D eigenvalue weighted by atomic mass is 10.1. The molecule has 0 spiro atoms. The predicted molar refractivity (Wildman–Crippen MR) is 87.9 cm³/mol. The van der Waals surface area contributed by atoms with E-state index in [0.29, 0.717) is 25.8 Å². The summed E-state index contributed by atoms with van der Waals surface area (Å²) in [6.07, 6.45) is -0.301. The molecule has 144 valence electrons. The molecule has 4 atom stereocenters. The number of carboxylic acids is 1. The molecule has 11 heteroatoms. The Hall–Kier alpha value is -2.24. The van der Waals surface area contributed by atoms with Crippen LogP contribution < -0.4 is 27.8 Å². The van der Waals surface area contributed by atoms with E-state index in [-0.39, 0.29) is 0 Å². The molecule has 0 aliphatic heterocycles. The number of hydrogen-bond acceptors (Lipinski definition) is 7. The number of aliphatic hydroxyl groups excluding tert-OH is 1. The van der Waals surface area contributed by atoms with Crippen molar-refractivity contribution in [2.75, 3.05) is 6.54 Å². The number of unbranched alkanes of at least 4 members (excludes halogenated alkanes) is 1. The molecule has 0 aliphatic rings. The van der Waals surface area contributed by atoms with Gasteiger partial charge < -0.3 is 38.0 Å². The number of nitrogens with two attached hydrogens (primary N) is 3. The number of hydrogen-bond donors (Lipinski definition) is 7. The molecule has 0 aromatic rings. The maximum atomic E-state index is 12.2. The van der Waals surface area contributed by atoms with Gasteiger partial charge in [-0.3, -0.25) is 14.4 Å². The number of aliphatic hydroxyl groups is 1. The second kappa shape index (κ2) is 11.3. The van der Waals surface area contributed by atoms with Crippen molar-refractivity contribution in [1.29, 1.82) is 0 Å². The fraction of sp³-hybridized carbons (Fsp3) is 0.714. The Morgan fingerprint density at radius 2 is 1.68 bits per heavy atom. The largest absolute Gasteiger partial charge is 0.480 e. The van der Waals surface area contributed by atoms with Gasteiger partial charge in [-0.25, -0.2) is 4.79 Å². The van der Waals surface area contributed by atoms with Crippen molar-refractivity contribution >= 4 is 23.7 Å². The Labute approximate surface area is 145 Å². The van der Waals surface area contributed by atoms with Crippen LogP contribution in [0.1, 0.15) is 32.6 Å². The third-order valence-corrected chi connectivity index (χ3v) is 3.39. The van der Waals surface area contributed by atoms with Crippen molar-refractivity contribution in [3.05, 3.63) is 0 Å². The minimum Gasteiger partial charge on any atom is -0.480 e. The second-order valence-corrected chi connectivity index (χ2v) is 5.69. The van der Waals surface area contributed by atoms with Gasteiger partial charge in [0.1, 0.15) is 6.04 Å². The molecule has 0 aromatic carbocycles. The SMILES string of the molecule is CC(O)C(NC(=O)C(CC(N)=O)NC(=O)C(N)CCCCN)C(=O)O. The number of aliphatic carboxylic acids is 1. The summed E-state index contributed by atoms with van der Waals surface area (Å²) < 4.78 is 0. The first-order chi connectivity index (χ1) is 11.6. The quantitative estimate of drug-likeness (QED) is 0.175. The normalized spacial score (nSPS) is 15.5. The van der Waals surface area contributed by atoms with E-state index < -0.39 is 54.3 Å². The Bertz CT molecular complexity index is 484. The molecule has 0 saturated carbocycles. The average molecular weight is 361 g/mol. The van der Waals surface area contributed by atoms with Gasteiger partial charge in [-0.1, -0.05) is 6.42 Å². The van der Waals surface area contributed by atoms with Crippen molar-refractivity contribution in [1.82, 2.24) is 10.6 Å². The molecule has 0 aromatic heterocycles. The summed E-state index contributed by atoms with van der Waals surface area (Å²) in [5, 5.41) is 22.7. The van der Waals surface area contributed by atoms with Crippen LogP contribution in [0.3, 0.4) is 0 Å². The number of nitrogens with one attached hydrogen (secondary N) is 2. The summed E-state index contributed by atoms with van der Waals surface area (Å²) >= 11 is 0. The van der Waals surface area contributed by atoms with E-state index in [0.717, 1.165) is 0 Å². The monoisotopic (exact) mass is 361 g/mol. The van der Waals surface area contributed by atoms with Gasteiger partial charge in [-0.2, -0.15) is 0 Å². The molecule has 0 radical (unpaired) electrons. The smallest absolute Gasteiger partial charge is 0.328 e. The maximum absolute atomic E-state index is 12.2. The van der Waals surface area contributed by atoms with E-state index in [1.165, 1.54) is 6.92 Å². The van der Waals surface area contributed by atoms with Crippen molar-refractivity contribution in [3.8, 4) is 0 Å². The minimum atomic E-state index is -1.60. The Balaban J connectivity index is 4.93. The number of carbonyl (C=O) groups is 4. The molecule has 11 nitrogen and oxygen atoms in total. The fourth-order valence-electron chi connectivity index (χ4n) is 1.97. The van der Waals surface area contributed by atoms with Gasteiger partial charge in [0.15, 0.2) is 6.04 Å². The van der Waals surface area contributed by atoms with E-state index in [1.54, 1.807) is 0 Å². The van der Waals surface area contributed by atoms with Crippen LogP contribution in [0.5, 0.6) is 0 Å². The van der Waals surface area contributed by atoms with Crippen LogP contribution in [0.25, 0.3) is 0 Å². The molecule has 0 bridgehead atoms. The van der Waals surface area contributed by atoms with Gasteiger partial charge in [-0.15, -0.1) is 0 Å². The Kier molecular flexibility index (Phi) is 10.3. The van der Waals surface area contributed by atoms with Crippen LogP contribution in [-0.2, 0) is 19.2 Å². The first-order valence-corrected chi connectivity index (χ1v) is 7.85. The highest BCUT2D eigenvalue weighted by atomic mass is 16.4. The highest BCUT2D eigenvalue weighted by molar-refractivity contribution is 5.94. The molecule has 0 rings (SSSR count). The second-order valence-electron chi connectivity index (χ2n) is 5.69. The summed E-state index contributed by atoms with van der Waals surface area (Å²) in [5.74, 6) is -3.98. The van der Waals surface area contributed by atoms with Crippen molar-refractivity contribution in [2.24, 2.45) is 17.2 Å². The molecule has 0 aliphatic carbocycles. The highest BCUT2D eigenvalue weighted by Crippen LogP contribution is 2.02. The molecule has 3 amide bonds. The van der Waals surface area contributed by atoms with Crippen molar-refractivity contribution < 1.29 is 29.4 Å². The molecule has 0 saturated heterocycles. The number of rotatable bonds is 12. The van der Waals surface area contributed by atoms with Gasteiger partial charge in [0, 0.05) is 0 Å². The standard InChI is InChI=1S/C14H27N5O6/c1-7(20)11(14(24)25)19-13(23)9(6-10(17)21)18-12(22)8(16)4-2-3-5-15/h7-9,11,20H,2-6,15-16H2,1H3,(H2,17,21)(H,18,22)(H,19,23)(H,24,25). The van der Waals surface area contributed by atoms with Crippen LogP contribution >= 0.6 is 0 Å². The van der Waals surface area contributed by atoms with E-state index >= 15 is 0 Å². The van der Waals surface area contributed by atoms with E-state index in [4.69, 9.17) is 22.3 Å². The van der Waals surface area contributed by atoms with Crippen LogP contribution in [0.4, 0.5) is 0 Å². The van der Waals surface area contributed by atoms with Gasteiger partial charge in [0.05, 0.1) is 18.6 Å². The van der Waals surface area contributed by atoms with Crippen LogP contribution in [0.15, 0.2) is 0 Å². The van der Waals surface area contributed by atoms with Crippen LogP contribution in [0.2, 0.25) is 0 Å². The van der Waals surface area contributed by atoms with Gasteiger partial charge in [0.25, 0.3) is 0 Å².